The maximum absolute atomic E-state index is 5.70. The van der Waals surface area contributed by atoms with Gasteiger partial charge in [0.25, 0.3) is 0 Å². The summed E-state index contributed by atoms with van der Waals surface area (Å²) in [7, 11) is 3.21. The monoisotopic (exact) mass is 376 g/mol. The summed E-state index contributed by atoms with van der Waals surface area (Å²) in [4.78, 5) is 0. The van der Waals surface area contributed by atoms with Gasteiger partial charge in [0.15, 0.2) is 13.6 Å². The van der Waals surface area contributed by atoms with Gasteiger partial charge in [-0.05, 0) is 44.9 Å². The second kappa shape index (κ2) is 7.17. The summed E-state index contributed by atoms with van der Waals surface area (Å²) in [5, 5.41) is 4.15. The zero-order valence-electron chi connectivity index (χ0n) is 13.0. The molecule has 0 saturated carbocycles. The molecule has 0 aromatic heterocycles. The SMILES string of the molecule is COCOc1cccc2cc3cccc(OCOC)c3c(Br)c12. The molecule has 0 atom stereocenters. The molecule has 3 aromatic rings. The predicted octanol–water partition coefficient (Wildman–Crippen LogP) is 4.72. The molecular weight excluding hydrogens is 360 g/mol. The van der Waals surface area contributed by atoms with Gasteiger partial charge in [0.1, 0.15) is 11.5 Å². The van der Waals surface area contributed by atoms with Crippen LogP contribution in [0.5, 0.6) is 11.5 Å². The lowest BCUT2D eigenvalue weighted by Crippen LogP contribution is -2.01. The van der Waals surface area contributed by atoms with E-state index in [1.807, 2.05) is 24.3 Å². The van der Waals surface area contributed by atoms with Crippen molar-refractivity contribution in [2.24, 2.45) is 0 Å². The van der Waals surface area contributed by atoms with Crippen LogP contribution in [-0.2, 0) is 9.47 Å². The molecule has 120 valence electrons. The smallest absolute Gasteiger partial charge is 0.188 e. The summed E-state index contributed by atoms with van der Waals surface area (Å²) in [6.07, 6.45) is 0. The normalized spacial score (nSPS) is 11.1. The van der Waals surface area contributed by atoms with Gasteiger partial charge >= 0.3 is 0 Å². The van der Waals surface area contributed by atoms with Crippen molar-refractivity contribution in [3.05, 3.63) is 46.9 Å². The van der Waals surface area contributed by atoms with Crippen LogP contribution >= 0.6 is 15.9 Å². The number of hydrogen-bond donors (Lipinski definition) is 0. The van der Waals surface area contributed by atoms with E-state index in [2.05, 4.69) is 34.1 Å². The van der Waals surface area contributed by atoms with E-state index in [0.717, 1.165) is 37.5 Å². The predicted molar refractivity (Wildman–Crippen MR) is 94.2 cm³/mol. The Morgan fingerprint density at radius 3 is 1.70 bits per heavy atom. The molecule has 0 heterocycles. The summed E-state index contributed by atoms with van der Waals surface area (Å²) >= 11 is 3.73. The van der Waals surface area contributed by atoms with Gasteiger partial charge in [-0.15, -0.1) is 0 Å². The number of methoxy groups -OCH3 is 2. The van der Waals surface area contributed by atoms with E-state index in [0.29, 0.717) is 0 Å². The molecule has 0 unspecified atom stereocenters. The molecule has 3 rings (SSSR count). The fourth-order valence-electron chi connectivity index (χ4n) is 2.58. The van der Waals surface area contributed by atoms with Gasteiger partial charge in [-0.2, -0.15) is 0 Å². The summed E-state index contributed by atoms with van der Waals surface area (Å²) in [6.45, 7) is 0.400. The fourth-order valence-corrected chi connectivity index (χ4v) is 3.43. The third-order valence-electron chi connectivity index (χ3n) is 3.53. The Labute approximate surface area is 143 Å². The lowest BCUT2D eigenvalue weighted by molar-refractivity contribution is 0.0521. The third-order valence-corrected chi connectivity index (χ3v) is 4.32. The molecule has 0 fully saturated rings. The van der Waals surface area contributed by atoms with Gasteiger partial charge in [0.2, 0.25) is 0 Å². The van der Waals surface area contributed by atoms with Crippen molar-refractivity contribution in [2.45, 2.75) is 0 Å². The molecule has 0 N–H and O–H groups in total. The van der Waals surface area contributed by atoms with Crippen LogP contribution < -0.4 is 9.47 Å². The van der Waals surface area contributed by atoms with Crippen molar-refractivity contribution < 1.29 is 18.9 Å². The molecule has 5 heteroatoms. The highest BCUT2D eigenvalue weighted by molar-refractivity contribution is 9.10. The highest BCUT2D eigenvalue weighted by Crippen LogP contribution is 2.41. The Morgan fingerprint density at radius 1 is 0.783 bits per heavy atom. The van der Waals surface area contributed by atoms with Crippen LogP contribution in [0.4, 0.5) is 0 Å². The first-order chi connectivity index (χ1) is 11.3. The molecule has 3 aromatic carbocycles. The van der Waals surface area contributed by atoms with Crippen LogP contribution in [0.15, 0.2) is 46.9 Å². The standard InChI is InChI=1S/C18H17BrO4/c1-20-10-22-14-7-3-5-12-9-13-6-4-8-15(23-11-21-2)17(13)18(19)16(12)14/h3-9H,10-11H2,1-2H3. The Balaban J connectivity index is 2.25. The Morgan fingerprint density at radius 2 is 1.26 bits per heavy atom. The van der Waals surface area contributed by atoms with E-state index in [1.54, 1.807) is 14.2 Å². The van der Waals surface area contributed by atoms with E-state index >= 15 is 0 Å². The minimum Gasteiger partial charge on any atom is -0.467 e. The van der Waals surface area contributed by atoms with Gasteiger partial charge in [-0.25, -0.2) is 0 Å². The molecule has 0 aliphatic carbocycles. The Hall–Kier alpha value is -1.82. The van der Waals surface area contributed by atoms with Crippen molar-refractivity contribution in [3.8, 4) is 11.5 Å². The van der Waals surface area contributed by atoms with Crippen LogP contribution in [0.3, 0.4) is 0 Å². The van der Waals surface area contributed by atoms with Crippen LogP contribution in [-0.4, -0.2) is 27.8 Å². The van der Waals surface area contributed by atoms with Crippen LogP contribution in [0.2, 0.25) is 0 Å². The number of benzene rings is 3. The van der Waals surface area contributed by atoms with Gasteiger partial charge in [0.05, 0.1) is 0 Å². The van der Waals surface area contributed by atoms with Crippen LogP contribution in [0.25, 0.3) is 21.5 Å². The van der Waals surface area contributed by atoms with Crippen LogP contribution in [0, 0.1) is 0 Å². The molecule has 23 heavy (non-hydrogen) atoms. The van der Waals surface area contributed by atoms with Gasteiger partial charge in [-0.3, -0.25) is 0 Å². The zero-order valence-corrected chi connectivity index (χ0v) is 14.6. The molecule has 0 aliphatic heterocycles. The first-order valence-electron chi connectivity index (χ1n) is 7.13. The molecule has 0 spiro atoms. The number of ether oxygens (including phenoxy) is 4. The van der Waals surface area contributed by atoms with Gasteiger partial charge < -0.3 is 18.9 Å². The van der Waals surface area contributed by atoms with Gasteiger partial charge in [-0.1, -0.05) is 24.3 Å². The second-order valence-electron chi connectivity index (χ2n) is 5.00. The number of rotatable bonds is 6. The molecule has 0 bridgehead atoms. The lowest BCUT2D eigenvalue weighted by atomic mass is 10.0. The Bertz CT molecular complexity index is 766. The third kappa shape index (κ3) is 3.13. The molecule has 0 saturated heterocycles. The van der Waals surface area contributed by atoms with Crippen molar-refractivity contribution in [2.75, 3.05) is 27.8 Å². The number of hydrogen-bond acceptors (Lipinski definition) is 4. The van der Waals surface area contributed by atoms with E-state index < -0.39 is 0 Å². The van der Waals surface area contributed by atoms with Crippen molar-refractivity contribution >= 4 is 37.5 Å². The lowest BCUT2D eigenvalue weighted by Gasteiger charge is -2.14. The first-order valence-corrected chi connectivity index (χ1v) is 7.93. The molecule has 4 nitrogen and oxygen atoms in total. The topological polar surface area (TPSA) is 36.9 Å². The molecule has 0 radical (unpaired) electrons. The average Bonchev–Trinajstić information content (AvgIpc) is 2.57. The van der Waals surface area contributed by atoms with Crippen LogP contribution in [0.1, 0.15) is 0 Å². The zero-order chi connectivity index (χ0) is 16.2. The second-order valence-corrected chi connectivity index (χ2v) is 5.79. The van der Waals surface area contributed by atoms with E-state index in [-0.39, 0.29) is 13.6 Å². The highest BCUT2D eigenvalue weighted by atomic mass is 79.9. The highest BCUT2D eigenvalue weighted by Gasteiger charge is 2.14. The molecular formula is C18H17BrO4. The maximum Gasteiger partial charge on any atom is 0.188 e. The fraction of sp³-hybridized carbons (Fsp3) is 0.222. The summed E-state index contributed by atoms with van der Waals surface area (Å²) in [6, 6.07) is 14.0. The Kier molecular flexibility index (Phi) is 5.00. The summed E-state index contributed by atoms with van der Waals surface area (Å²) in [5.74, 6) is 1.53. The maximum atomic E-state index is 5.70. The average molecular weight is 377 g/mol. The molecule has 0 aliphatic rings. The van der Waals surface area contributed by atoms with E-state index in [9.17, 15) is 0 Å². The minimum absolute atomic E-state index is 0.200. The first kappa shape index (κ1) is 16.1. The summed E-state index contributed by atoms with van der Waals surface area (Å²) < 4.78 is 22.4. The van der Waals surface area contributed by atoms with Gasteiger partial charge in [0, 0.05) is 29.5 Å². The minimum atomic E-state index is 0.200. The summed E-state index contributed by atoms with van der Waals surface area (Å²) in [5.41, 5.74) is 0. The number of halogens is 1. The largest absolute Gasteiger partial charge is 0.467 e. The van der Waals surface area contributed by atoms with Crippen molar-refractivity contribution in [1.29, 1.82) is 0 Å². The van der Waals surface area contributed by atoms with E-state index in [1.165, 1.54) is 0 Å². The molecule has 0 amide bonds. The van der Waals surface area contributed by atoms with Crippen molar-refractivity contribution in [3.63, 3.8) is 0 Å². The van der Waals surface area contributed by atoms with Crippen molar-refractivity contribution in [1.82, 2.24) is 0 Å². The quantitative estimate of drug-likeness (QED) is 0.460. The number of fused-ring (bicyclic) bond motifs is 2. The van der Waals surface area contributed by atoms with E-state index in [4.69, 9.17) is 18.9 Å².